The Kier molecular flexibility index (Phi) is 6.37. The number of esters is 2. The van der Waals surface area contributed by atoms with Gasteiger partial charge in [-0.25, -0.2) is 9.59 Å². The van der Waals surface area contributed by atoms with Crippen LogP contribution in [0, 0.1) is 0 Å². The molecule has 2 aromatic carbocycles. The molecule has 164 valence electrons. The lowest BCUT2D eigenvalue weighted by atomic mass is 9.85. The second-order valence-corrected chi connectivity index (χ2v) is 9.10. The van der Waals surface area contributed by atoms with Crippen LogP contribution in [0.2, 0.25) is 0 Å². The van der Waals surface area contributed by atoms with E-state index in [1.807, 2.05) is 45.0 Å². The highest BCUT2D eigenvalue weighted by atomic mass is 16.5. The highest BCUT2D eigenvalue weighted by Gasteiger charge is 2.32. The summed E-state index contributed by atoms with van der Waals surface area (Å²) < 4.78 is 17.8. The van der Waals surface area contributed by atoms with Gasteiger partial charge in [0.15, 0.2) is 0 Å². The van der Waals surface area contributed by atoms with Crippen molar-refractivity contribution in [3.8, 4) is 11.5 Å². The SMILES string of the molecule is C=C(C)C(=O)Oc1c2c(c(OC(=O)C(=C)C)c3ccccc13)CC(OC(C)(C)C)CC2. The summed E-state index contributed by atoms with van der Waals surface area (Å²) in [7, 11) is 0. The number of ether oxygens (including phenoxy) is 3. The Morgan fingerprint density at radius 1 is 0.903 bits per heavy atom. The molecule has 0 heterocycles. The molecule has 0 saturated carbocycles. The zero-order valence-electron chi connectivity index (χ0n) is 19.0. The van der Waals surface area contributed by atoms with E-state index in [0.717, 1.165) is 22.9 Å². The standard InChI is InChI=1S/C26H30O5/c1-15(2)24(27)29-22-18-10-8-9-11-19(18)23(30-25(28)16(3)4)21-14-17(12-13-20(21)22)31-26(5,6)7/h8-11,17H,1,3,12-14H2,2,4-7H3. The molecule has 5 nitrogen and oxygen atoms in total. The van der Waals surface area contributed by atoms with Gasteiger partial charge in [0.2, 0.25) is 0 Å². The first-order chi connectivity index (χ1) is 14.5. The van der Waals surface area contributed by atoms with E-state index in [0.29, 0.717) is 40.9 Å². The molecule has 31 heavy (non-hydrogen) atoms. The van der Waals surface area contributed by atoms with E-state index in [1.165, 1.54) is 0 Å². The maximum absolute atomic E-state index is 12.5. The Bertz CT molecular complexity index is 1070. The number of benzene rings is 2. The van der Waals surface area contributed by atoms with E-state index >= 15 is 0 Å². The predicted molar refractivity (Wildman–Crippen MR) is 121 cm³/mol. The van der Waals surface area contributed by atoms with Crippen LogP contribution in [0.3, 0.4) is 0 Å². The molecule has 3 rings (SSSR count). The van der Waals surface area contributed by atoms with Gasteiger partial charge in [0.25, 0.3) is 0 Å². The van der Waals surface area contributed by atoms with Gasteiger partial charge in [0.1, 0.15) is 11.5 Å². The van der Waals surface area contributed by atoms with E-state index < -0.39 is 11.9 Å². The highest BCUT2D eigenvalue weighted by molar-refractivity contribution is 6.01. The first kappa shape index (κ1) is 22.8. The van der Waals surface area contributed by atoms with E-state index in [1.54, 1.807) is 13.8 Å². The van der Waals surface area contributed by atoms with Gasteiger partial charge in [-0.1, -0.05) is 37.4 Å². The molecule has 0 aliphatic heterocycles. The first-order valence-electron chi connectivity index (χ1n) is 10.5. The molecule has 5 heteroatoms. The summed E-state index contributed by atoms with van der Waals surface area (Å²) in [4.78, 5) is 24.9. The van der Waals surface area contributed by atoms with Crippen molar-refractivity contribution in [2.75, 3.05) is 0 Å². The van der Waals surface area contributed by atoms with Crippen LogP contribution in [0.4, 0.5) is 0 Å². The van der Waals surface area contributed by atoms with Crippen LogP contribution in [0.25, 0.3) is 10.8 Å². The second kappa shape index (κ2) is 8.67. The Hall–Kier alpha value is -2.92. The Morgan fingerprint density at radius 2 is 1.39 bits per heavy atom. The largest absolute Gasteiger partial charge is 0.422 e. The maximum Gasteiger partial charge on any atom is 0.338 e. The Balaban J connectivity index is 2.22. The Labute approximate surface area is 183 Å². The van der Waals surface area contributed by atoms with Gasteiger partial charge in [-0.15, -0.1) is 0 Å². The van der Waals surface area contributed by atoms with Crippen molar-refractivity contribution < 1.29 is 23.8 Å². The van der Waals surface area contributed by atoms with Crippen molar-refractivity contribution in [2.24, 2.45) is 0 Å². The molecule has 0 radical (unpaired) electrons. The zero-order valence-corrected chi connectivity index (χ0v) is 19.0. The third-order valence-electron chi connectivity index (χ3n) is 5.08. The molecule has 0 amide bonds. The Morgan fingerprint density at radius 3 is 1.84 bits per heavy atom. The second-order valence-electron chi connectivity index (χ2n) is 9.10. The van der Waals surface area contributed by atoms with Crippen LogP contribution in [-0.2, 0) is 27.2 Å². The molecule has 1 aliphatic carbocycles. The molecule has 0 spiro atoms. The van der Waals surface area contributed by atoms with Crippen LogP contribution in [0.5, 0.6) is 11.5 Å². The summed E-state index contributed by atoms with van der Waals surface area (Å²) in [5, 5.41) is 1.42. The molecule has 1 atom stereocenters. The summed E-state index contributed by atoms with van der Waals surface area (Å²) in [5.74, 6) is 0.0175. The third-order valence-corrected chi connectivity index (χ3v) is 5.08. The lowest BCUT2D eigenvalue weighted by Crippen LogP contribution is -2.32. The molecule has 0 saturated heterocycles. The first-order valence-corrected chi connectivity index (χ1v) is 10.5. The van der Waals surface area contributed by atoms with Crippen LogP contribution in [0.15, 0.2) is 48.6 Å². The van der Waals surface area contributed by atoms with Gasteiger partial charge in [-0.2, -0.15) is 0 Å². The molecular weight excluding hydrogens is 392 g/mol. The number of carbonyl (C=O) groups is 2. The number of carbonyl (C=O) groups excluding carboxylic acids is 2. The minimum atomic E-state index is -0.488. The van der Waals surface area contributed by atoms with Gasteiger partial charge < -0.3 is 14.2 Å². The molecule has 1 unspecified atom stereocenters. The summed E-state index contributed by atoms with van der Waals surface area (Å²) >= 11 is 0. The van der Waals surface area contributed by atoms with Gasteiger partial charge in [-0.3, -0.25) is 0 Å². The minimum Gasteiger partial charge on any atom is -0.422 e. The predicted octanol–water partition coefficient (Wildman–Crippen LogP) is 5.48. The lowest BCUT2D eigenvalue weighted by Gasteiger charge is -2.33. The third kappa shape index (κ3) is 5.05. The van der Waals surface area contributed by atoms with Crippen molar-refractivity contribution in [1.82, 2.24) is 0 Å². The average Bonchev–Trinajstić information content (AvgIpc) is 2.68. The fourth-order valence-electron chi connectivity index (χ4n) is 3.79. The molecule has 2 aromatic rings. The quantitative estimate of drug-likeness (QED) is 0.363. The summed E-state index contributed by atoms with van der Waals surface area (Å²) in [6.07, 6.45) is 1.92. The van der Waals surface area contributed by atoms with Gasteiger partial charge >= 0.3 is 11.9 Å². The van der Waals surface area contributed by atoms with Gasteiger partial charge in [0, 0.05) is 39.5 Å². The summed E-state index contributed by atoms with van der Waals surface area (Å²) in [5.41, 5.74) is 2.03. The number of fused-ring (bicyclic) bond motifs is 2. The number of hydrogen-bond donors (Lipinski definition) is 0. The van der Waals surface area contributed by atoms with Crippen molar-refractivity contribution in [3.05, 3.63) is 59.7 Å². The number of hydrogen-bond acceptors (Lipinski definition) is 5. The fourth-order valence-corrected chi connectivity index (χ4v) is 3.79. The normalized spacial score (nSPS) is 15.8. The van der Waals surface area contributed by atoms with Crippen LogP contribution in [-0.4, -0.2) is 23.6 Å². The maximum atomic E-state index is 12.5. The van der Waals surface area contributed by atoms with E-state index in [4.69, 9.17) is 14.2 Å². The van der Waals surface area contributed by atoms with Gasteiger partial charge in [0.05, 0.1) is 11.7 Å². The van der Waals surface area contributed by atoms with Crippen LogP contribution >= 0.6 is 0 Å². The molecule has 0 N–H and O–H groups in total. The molecule has 1 aliphatic rings. The van der Waals surface area contributed by atoms with Crippen molar-refractivity contribution >= 4 is 22.7 Å². The van der Waals surface area contributed by atoms with E-state index in [-0.39, 0.29) is 11.7 Å². The molecule has 0 bridgehead atoms. The summed E-state index contributed by atoms with van der Waals surface area (Å²) in [6.45, 7) is 16.7. The van der Waals surface area contributed by atoms with Crippen LogP contribution in [0.1, 0.15) is 52.2 Å². The fraction of sp³-hybridized carbons (Fsp3) is 0.385. The zero-order chi connectivity index (χ0) is 22.9. The van der Waals surface area contributed by atoms with E-state index in [9.17, 15) is 9.59 Å². The smallest absolute Gasteiger partial charge is 0.338 e. The van der Waals surface area contributed by atoms with Crippen LogP contribution < -0.4 is 9.47 Å². The molecular formula is C26H30O5. The topological polar surface area (TPSA) is 61.8 Å². The van der Waals surface area contributed by atoms with Crippen molar-refractivity contribution in [2.45, 2.75) is 65.6 Å². The van der Waals surface area contributed by atoms with E-state index in [2.05, 4.69) is 13.2 Å². The molecule has 0 fully saturated rings. The average molecular weight is 423 g/mol. The van der Waals surface area contributed by atoms with Gasteiger partial charge in [-0.05, 0) is 47.5 Å². The van der Waals surface area contributed by atoms with Crippen molar-refractivity contribution in [3.63, 3.8) is 0 Å². The van der Waals surface area contributed by atoms with Crippen molar-refractivity contribution in [1.29, 1.82) is 0 Å². The lowest BCUT2D eigenvalue weighted by molar-refractivity contribution is -0.131. The monoisotopic (exact) mass is 422 g/mol. The summed E-state index contributed by atoms with van der Waals surface area (Å²) in [6, 6.07) is 7.46. The number of rotatable bonds is 5. The molecule has 0 aromatic heterocycles. The minimum absolute atomic E-state index is 0.0411. The highest BCUT2D eigenvalue weighted by Crippen LogP contribution is 2.45.